The molecule has 1 aliphatic carbocycles. The van der Waals surface area contributed by atoms with Crippen LogP contribution in [0, 0.1) is 5.92 Å². The second-order valence-corrected chi connectivity index (χ2v) is 7.67. The van der Waals surface area contributed by atoms with Crippen molar-refractivity contribution in [2.24, 2.45) is 5.92 Å². The van der Waals surface area contributed by atoms with Crippen LogP contribution in [0.1, 0.15) is 31.7 Å². The van der Waals surface area contributed by atoms with Crippen molar-refractivity contribution in [2.75, 3.05) is 24.8 Å². The third-order valence-corrected chi connectivity index (χ3v) is 5.48. The summed E-state index contributed by atoms with van der Waals surface area (Å²) in [6.45, 7) is 2.67. The van der Waals surface area contributed by atoms with Crippen LogP contribution in [-0.2, 0) is 21.3 Å². The monoisotopic (exact) mass is 338 g/mol. The van der Waals surface area contributed by atoms with E-state index in [2.05, 4.69) is 17.6 Å². The zero-order valence-electron chi connectivity index (χ0n) is 13.8. The molecule has 0 aromatic heterocycles. The molecule has 0 spiro atoms. The number of carbonyl (C=O) groups is 1. The highest BCUT2D eigenvalue weighted by Gasteiger charge is 2.24. The Morgan fingerprint density at radius 1 is 1.39 bits per heavy atom. The SMILES string of the molecule is COCC[S@](=O)Cc1cccc(NC(=O)N[C@@H]2CCC[C@@H]2C)c1. The van der Waals surface area contributed by atoms with Crippen molar-refractivity contribution >= 4 is 22.5 Å². The van der Waals surface area contributed by atoms with Crippen molar-refractivity contribution in [3.63, 3.8) is 0 Å². The van der Waals surface area contributed by atoms with E-state index in [4.69, 9.17) is 4.74 Å². The first-order valence-corrected chi connectivity index (χ1v) is 9.57. The lowest BCUT2D eigenvalue weighted by Crippen LogP contribution is -2.39. The Morgan fingerprint density at radius 2 is 2.22 bits per heavy atom. The van der Waals surface area contributed by atoms with Gasteiger partial charge in [-0.3, -0.25) is 4.21 Å². The fourth-order valence-electron chi connectivity index (χ4n) is 2.87. The van der Waals surface area contributed by atoms with Crippen molar-refractivity contribution in [3.05, 3.63) is 29.8 Å². The summed E-state index contributed by atoms with van der Waals surface area (Å²) in [5.74, 6) is 1.53. The summed E-state index contributed by atoms with van der Waals surface area (Å²) in [7, 11) is 0.649. The largest absolute Gasteiger partial charge is 0.384 e. The summed E-state index contributed by atoms with van der Waals surface area (Å²) >= 11 is 0. The first-order chi connectivity index (χ1) is 11.1. The van der Waals surface area contributed by atoms with E-state index >= 15 is 0 Å². The fourth-order valence-corrected chi connectivity index (χ4v) is 3.92. The van der Waals surface area contributed by atoms with E-state index in [1.54, 1.807) is 7.11 Å². The number of hydrogen-bond donors (Lipinski definition) is 2. The maximum absolute atomic E-state index is 12.1. The van der Waals surface area contributed by atoms with Crippen LogP contribution >= 0.6 is 0 Å². The number of hydrogen-bond acceptors (Lipinski definition) is 3. The molecule has 1 aliphatic rings. The van der Waals surface area contributed by atoms with E-state index in [1.165, 1.54) is 12.8 Å². The van der Waals surface area contributed by atoms with Gasteiger partial charge in [0.1, 0.15) is 0 Å². The molecular weight excluding hydrogens is 312 g/mol. The molecule has 2 N–H and O–H groups in total. The highest BCUT2D eigenvalue weighted by Crippen LogP contribution is 2.24. The standard InChI is InChI=1S/C17H26N2O3S/c1-13-5-3-8-16(13)19-17(20)18-15-7-4-6-14(11-15)12-23(21)10-9-22-2/h4,6-7,11,13,16H,3,5,8-10,12H2,1-2H3,(H2,18,19,20)/t13-,16+,23-/m0/s1. The minimum atomic E-state index is -0.954. The molecule has 0 saturated heterocycles. The van der Waals surface area contributed by atoms with E-state index in [1.807, 2.05) is 24.3 Å². The number of amides is 2. The molecular formula is C17H26N2O3S. The minimum Gasteiger partial charge on any atom is -0.384 e. The molecule has 1 saturated carbocycles. The van der Waals surface area contributed by atoms with Gasteiger partial charge in [0.25, 0.3) is 0 Å². The molecule has 1 fully saturated rings. The van der Waals surface area contributed by atoms with Crippen LogP contribution in [0.3, 0.4) is 0 Å². The zero-order valence-corrected chi connectivity index (χ0v) is 14.7. The van der Waals surface area contributed by atoms with Crippen molar-refractivity contribution < 1.29 is 13.7 Å². The first-order valence-electron chi connectivity index (χ1n) is 8.09. The third-order valence-electron chi connectivity index (χ3n) is 4.21. The quantitative estimate of drug-likeness (QED) is 0.803. The molecule has 5 nitrogen and oxygen atoms in total. The molecule has 0 unspecified atom stereocenters. The maximum atomic E-state index is 12.1. The molecule has 128 valence electrons. The Labute approximate surface area is 140 Å². The van der Waals surface area contributed by atoms with Gasteiger partial charge in [0.15, 0.2) is 0 Å². The highest BCUT2D eigenvalue weighted by atomic mass is 32.2. The highest BCUT2D eigenvalue weighted by molar-refractivity contribution is 7.84. The molecule has 0 bridgehead atoms. The van der Waals surface area contributed by atoms with Gasteiger partial charge in [-0.05, 0) is 36.5 Å². The number of ether oxygens (including phenoxy) is 1. The van der Waals surface area contributed by atoms with Crippen LogP contribution in [0.4, 0.5) is 10.5 Å². The zero-order chi connectivity index (χ0) is 16.7. The molecule has 6 heteroatoms. The molecule has 1 aromatic carbocycles. The minimum absolute atomic E-state index is 0.165. The predicted octanol–water partition coefficient (Wildman–Crippen LogP) is 2.89. The Hall–Kier alpha value is -1.40. The number of nitrogens with one attached hydrogen (secondary N) is 2. The van der Waals surface area contributed by atoms with E-state index in [9.17, 15) is 9.00 Å². The Balaban J connectivity index is 1.86. The molecule has 3 atom stereocenters. The fraction of sp³-hybridized carbons (Fsp3) is 0.588. The van der Waals surface area contributed by atoms with E-state index in [-0.39, 0.29) is 12.1 Å². The summed E-state index contributed by atoms with van der Waals surface area (Å²) in [6, 6.07) is 7.62. The second-order valence-electron chi connectivity index (χ2n) is 6.09. The van der Waals surface area contributed by atoms with Crippen molar-refractivity contribution in [2.45, 2.75) is 38.0 Å². The van der Waals surface area contributed by atoms with Crippen molar-refractivity contribution in [1.82, 2.24) is 5.32 Å². The van der Waals surface area contributed by atoms with Crippen LogP contribution in [0.2, 0.25) is 0 Å². The number of benzene rings is 1. The van der Waals surface area contributed by atoms with E-state index < -0.39 is 10.8 Å². The maximum Gasteiger partial charge on any atom is 0.319 e. The van der Waals surface area contributed by atoms with Gasteiger partial charge in [0, 0.05) is 41.1 Å². The Kier molecular flexibility index (Phi) is 7.05. The summed E-state index contributed by atoms with van der Waals surface area (Å²) in [5.41, 5.74) is 1.68. The number of methoxy groups -OCH3 is 1. The average molecular weight is 338 g/mol. The number of urea groups is 1. The Morgan fingerprint density at radius 3 is 2.91 bits per heavy atom. The summed E-state index contributed by atoms with van der Waals surface area (Å²) in [5, 5.41) is 5.91. The predicted molar refractivity (Wildman–Crippen MR) is 94.0 cm³/mol. The van der Waals surface area contributed by atoms with Crippen LogP contribution in [0.5, 0.6) is 0 Å². The average Bonchev–Trinajstić information content (AvgIpc) is 2.90. The number of carbonyl (C=O) groups excluding carboxylic acids is 1. The van der Waals surface area contributed by atoms with Gasteiger partial charge in [0.2, 0.25) is 0 Å². The molecule has 2 rings (SSSR count). The van der Waals surface area contributed by atoms with Gasteiger partial charge < -0.3 is 15.4 Å². The second kappa shape index (κ2) is 9.03. The summed E-state index contributed by atoms with van der Waals surface area (Å²) < 4.78 is 16.8. The van der Waals surface area contributed by atoms with Gasteiger partial charge in [-0.15, -0.1) is 0 Å². The first kappa shape index (κ1) is 17.9. The molecule has 0 radical (unpaired) electrons. The molecule has 23 heavy (non-hydrogen) atoms. The van der Waals surface area contributed by atoms with E-state index in [0.717, 1.165) is 17.7 Å². The van der Waals surface area contributed by atoms with Crippen LogP contribution < -0.4 is 10.6 Å². The third kappa shape index (κ3) is 5.95. The normalized spacial score (nSPS) is 21.8. The van der Waals surface area contributed by atoms with Crippen molar-refractivity contribution in [3.8, 4) is 0 Å². The van der Waals surface area contributed by atoms with Crippen molar-refractivity contribution in [1.29, 1.82) is 0 Å². The molecule has 0 aliphatic heterocycles. The number of anilines is 1. The Bertz CT molecular complexity index is 550. The lowest BCUT2D eigenvalue weighted by Gasteiger charge is -2.18. The number of rotatable bonds is 7. The molecule has 1 aromatic rings. The van der Waals surface area contributed by atoms with Crippen LogP contribution in [0.15, 0.2) is 24.3 Å². The van der Waals surface area contributed by atoms with Gasteiger partial charge in [-0.2, -0.15) is 0 Å². The van der Waals surface area contributed by atoms with Crippen LogP contribution in [-0.4, -0.2) is 35.8 Å². The van der Waals surface area contributed by atoms with Gasteiger partial charge in [-0.1, -0.05) is 25.5 Å². The lowest BCUT2D eigenvalue weighted by atomic mass is 10.1. The molecule has 0 heterocycles. The van der Waals surface area contributed by atoms with Crippen LogP contribution in [0.25, 0.3) is 0 Å². The summed E-state index contributed by atoms with van der Waals surface area (Å²) in [4.78, 5) is 12.1. The van der Waals surface area contributed by atoms with Gasteiger partial charge in [-0.25, -0.2) is 4.79 Å². The van der Waals surface area contributed by atoms with E-state index in [0.29, 0.717) is 24.0 Å². The lowest BCUT2D eigenvalue weighted by molar-refractivity contribution is 0.218. The van der Waals surface area contributed by atoms with Gasteiger partial charge in [0.05, 0.1) is 6.61 Å². The van der Waals surface area contributed by atoms with Gasteiger partial charge >= 0.3 is 6.03 Å². The smallest absolute Gasteiger partial charge is 0.319 e. The topological polar surface area (TPSA) is 67.4 Å². The summed E-state index contributed by atoms with van der Waals surface area (Å²) in [6.07, 6.45) is 3.40. The molecule has 2 amide bonds.